The number of nitrogens with one attached hydrogen (secondary N) is 1. The molecule has 0 saturated carbocycles. The molecule has 0 unspecified atom stereocenters. The van der Waals surface area contributed by atoms with Crippen molar-refractivity contribution in [3.8, 4) is 0 Å². The van der Waals surface area contributed by atoms with Crippen LogP contribution in [-0.4, -0.2) is 28.6 Å². The maximum atomic E-state index is 11.9. The van der Waals surface area contributed by atoms with Gasteiger partial charge in [-0.25, -0.2) is 4.79 Å². The van der Waals surface area contributed by atoms with Gasteiger partial charge < -0.3 is 15.2 Å². The number of ether oxygens (including phenoxy) is 1. The molecule has 2 N–H and O–H groups in total. The molecular weight excluding hydrogens is 258 g/mol. The van der Waals surface area contributed by atoms with Gasteiger partial charge in [-0.05, 0) is 45.4 Å². The van der Waals surface area contributed by atoms with E-state index in [1.165, 1.54) is 0 Å². The normalized spacial score (nSPS) is 12.7. The summed E-state index contributed by atoms with van der Waals surface area (Å²) in [7, 11) is 0. The number of amides is 1. The maximum absolute atomic E-state index is 11.9. The van der Waals surface area contributed by atoms with Crippen LogP contribution in [0.3, 0.4) is 0 Å². The van der Waals surface area contributed by atoms with Crippen LogP contribution in [0.2, 0.25) is 0 Å². The molecule has 1 atom stereocenters. The molecule has 1 aromatic carbocycles. The van der Waals surface area contributed by atoms with Crippen LogP contribution in [0, 0.1) is 0 Å². The Bertz CT molecular complexity index is 474. The highest BCUT2D eigenvalue weighted by Gasteiger charge is 2.23. The molecule has 5 heteroatoms. The molecule has 0 aliphatic carbocycles. The number of benzene rings is 1. The van der Waals surface area contributed by atoms with E-state index in [1.807, 2.05) is 0 Å². The van der Waals surface area contributed by atoms with E-state index in [2.05, 4.69) is 5.32 Å². The minimum atomic E-state index is -0.723. The quantitative estimate of drug-likeness (QED) is 0.822. The summed E-state index contributed by atoms with van der Waals surface area (Å²) in [6.07, 6.45) is 0. The van der Waals surface area contributed by atoms with Crippen LogP contribution in [0.15, 0.2) is 24.3 Å². The van der Waals surface area contributed by atoms with Crippen LogP contribution in [-0.2, 0) is 16.1 Å². The highest BCUT2D eigenvalue weighted by molar-refractivity contribution is 5.96. The zero-order valence-corrected chi connectivity index (χ0v) is 12.3. The Labute approximate surface area is 118 Å². The van der Waals surface area contributed by atoms with E-state index in [1.54, 1.807) is 52.0 Å². The van der Waals surface area contributed by atoms with E-state index >= 15 is 0 Å². The van der Waals surface area contributed by atoms with Gasteiger partial charge in [0.05, 0.1) is 6.61 Å². The summed E-state index contributed by atoms with van der Waals surface area (Å²) < 4.78 is 5.19. The van der Waals surface area contributed by atoms with Gasteiger partial charge in [0.25, 0.3) is 5.91 Å². The Morgan fingerprint density at radius 3 is 2.25 bits per heavy atom. The van der Waals surface area contributed by atoms with Crippen molar-refractivity contribution in [2.24, 2.45) is 0 Å². The summed E-state index contributed by atoms with van der Waals surface area (Å²) >= 11 is 0. The van der Waals surface area contributed by atoms with E-state index in [-0.39, 0.29) is 12.5 Å². The van der Waals surface area contributed by atoms with Crippen molar-refractivity contribution in [1.82, 2.24) is 5.32 Å². The first-order chi connectivity index (χ1) is 9.23. The predicted octanol–water partition coefficient (Wildman–Crippen LogP) is 1.64. The Kier molecular flexibility index (Phi) is 5.27. The van der Waals surface area contributed by atoms with E-state index in [0.717, 1.165) is 5.56 Å². The standard InChI is InChI=1S/C15H21NO4/c1-10(14(19)20-15(2,3)4)16-13(18)12-7-5-11(9-17)6-8-12/h5-8,10,17H,9H2,1-4H3,(H,16,18)/t10-/m0/s1. The number of hydrogen-bond acceptors (Lipinski definition) is 4. The number of aliphatic hydroxyl groups excluding tert-OH is 1. The fourth-order valence-electron chi connectivity index (χ4n) is 1.49. The fourth-order valence-corrected chi connectivity index (χ4v) is 1.49. The molecule has 110 valence electrons. The molecule has 0 radical (unpaired) electrons. The third-order valence-corrected chi connectivity index (χ3v) is 2.51. The van der Waals surface area contributed by atoms with Gasteiger partial charge in [-0.3, -0.25) is 4.79 Å². The van der Waals surface area contributed by atoms with Gasteiger partial charge in [0.2, 0.25) is 0 Å². The summed E-state index contributed by atoms with van der Waals surface area (Å²) in [4.78, 5) is 23.7. The van der Waals surface area contributed by atoms with Gasteiger partial charge in [-0.2, -0.15) is 0 Å². The average Bonchev–Trinajstić information content (AvgIpc) is 2.36. The molecule has 1 amide bonds. The molecule has 5 nitrogen and oxygen atoms in total. The fraction of sp³-hybridized carbons (Fsp3) is 0.467. The Morgan fingerprint density at radius 1 is 1.25 bits per heavy atom. The number of rotatable bonds is 4. The third kappa shape index (κ3) is 5.01. The van der Waals surface area contributed by atoms with E-state index in [0.29, 0.717) is 5.56 Å². The number of esters is 1. The van der Waals surface area contributed by atoms with Crippen molar-refractivity contribution in [2.75, 3.05) is 0 Å². The van der Waals surface area contributed by atoms with Crippen molar-refractivity contribution in [2.45, 2.75) is 45.9 Å². The molecule has 0 fully saturated rings. The summed E-state index contributed by atoms with van der Waals surface area (Å²) in [6.45, 7) is 6.82. The van der Waals surface area contributed by atoms with Crippen LogP contribution >= 0.6 is 0 Å². The molecule has 0 bridgehead atoms. The summed E-state index contributed by atoms with van der Waals surface area (Å²) in [6, 6.07) is 5.80. The van der Waals surface area contributed by atoms with E-state index in [9.17, 15) is 9.59 Å². The monoisotopic (exact) mass is 279 g/mol. The SMILES string of the molecule is C[C@H](NC(=O)c1ccc(CO)cc1)C(=O)OC(C)(C)C. The van der Waals surface area contributed by atoms with Gasteiger partial charge in [-0.1, -0.05) is 12.1 Å². The highest BCUT2D eigenvalue weighted by Crippen LogP contribution is 2.09. The predicted molar refractivity (Wildman–Crippen MR) is 75.1 cm³/mol. The zero-order valence-electron chi connectivity index (χ0n) is 12.3. The van der Waals surface area contributed by atoms with Gasteiger partial charge >= 0.3 is 5.97 Å². The number of carbonyl (C=O) groups is 2. The van der Waals surface area contributed by atoms with Gasteiger partial charge in [0, 0.05) is 5.56 Å². The largest absolute Gasteiger partial charge is 0.458 e. The molecule has 0 saturated heterocycles. The number of hydrogen-bond donors (Lipinski definition) is 2. The maximum Gasteiger partial charge on any atom is 0.328 e. The van der Waals surface area contributed by atoms with Crippen LogP contribution in [0.25, 0.3) is 0 Å². The second kappa shape index (κ2) is 6.52. The Morgan fingerprint density at radius 2 is 1.80 bits per heavy atom. The highest BCUT2D eigenvalue weighted by atomic mass is 16.6. The molecule has 20 heavy (non-hydrogen) atoms. The lowest BCUT2D eigenvalue weighted by atomic mass is 10.1. The number of aliphatic hydroxyl groups is 1. The second-order valence-electron chi connectivity index (χ2n) is 5.58. The topological polar surface area (TPSA) is 75.6 Å². The van der Waals surface area contributed by atoms with E-state index < -0.39 is 17.6 Å². The molecule has 1 aromatic rings. The lowest BCUT2D eigenvalue weighted by Gasteiger charge is -2.22. The lowest BCUT2D eigenvalue weighted by molar-refractivity contribution is -0.156. The molecule has 0 aliphatic heterocycles. The molecule has 1 rings (SSSR count). The van der Waals surface area contributed by atoms with Gasteiger partial charge in [0.1, 0.15) is 11.6 Å². The first-order valence-corrected chi connectivity index (χ1v) is 6.46. The molecule has 0 heterocycles. The first-order valence-electron chi connectivity index (χ1n) is 6.46. The van der Waals surface area contributed by atoms with Crippen LogP contribution in [0.1, 0.15) is 43.6 Å². The molecule has 0 aromatic heterocycles. The third-order valence-electron chi connectivity index (χ3n) is 2.51. The van der Waals surface area contributed by atoms with Crippen molar-refractivity contribution in [3.05, 3.63) is 35.4 Å². The minimum absolute atomic E-state index is 0.0732. The van der Waals surface area contributed by atoms with Crippen molar-refractivity contribution in [3.63, 3.8) is 0 Å². The Hall–Kier alpha value is -1.88. The Balaban J connectivity index is 2.62. The molecule has 0 spiro atoms. The zero-order chi connectivity index (χ0) is 15.3. The van der Waals surface area contributed by atoms with Crippen molar-refractivity contribution in [1.29, 1.82) is 0 Å². The summed E-state index contributed by atoms with van der Waals surface area (Å²) in [5.74, 6) is -0.828. The summed E-state index contributed by atoms with van der Waals surface area (Å²) in [5.41, 5.74) is 0.568. The smallest absolute Gasteiger partial charge is 0.328 e. The van der Waals surface area contributed by atoms with Crippen molar-refractivity contribution >= 4 is 11.9 Å². The molecule has 0 aliphatic rings. The number of carbonyl (C=O) groups excluding carboxylic acids is 2. The first kappa shape index (κ1) is 16.2. The van der Waals surface area contributed by atoms with Gasteiger partial charge in [0.15, 0.2) is 0 Å². The second-order valence-corrected chi connectivity index (χ2v) is 5.58. The van der Waals surface area contributed by atoms with Crippen LogP contribution in [0.4, 0.5) is 0 Å². The lowest BCUT2D eigenvalue weighted by Crippen LogP contribution is -2.42. The van der Waals surface area contributed by atoms with Crippen LogP contribution in [0.5, 0.6) is 0 Å². The molecular formula is C15H21NO4. The minimum Gasteiger partial charge on any atom is -0.458 e. The van der Waals surface area contributed by atoms with E-state index in [4.69, 9.17) is 9.84 Å². The van der Waals surface area contributed by atoms with Crippen molar-refractivity contribution < 1.29 is 19.4 Å². The summed E-state index contributed by atoms with van der Waals surface area (Å²) in [5, 5.41) is 11.5. The average molecular weight is 279 g/mol. The van der Waals surface area contributed by atoms with Crippen LogP contribution < -0.4 is 5.32 Å². The van der Waals surface area contributed by atoms with Gasteiger partial charge in [-0.15, -0.1) is 0 Å².